The minimum Gasteiger partial charge on any atom is -0.444 e. The molecule has 5 nitrogen and oxygen atoms in total. The van der Waals surface area contributed by atoms with Crippen LogP contribution in [0.1, 0.15) is 57.9 Å². The third-order valence-electron chi connectivity index (χ3n) is 5.93. The van der Waals surface area contributed by atoms with Crippen molar-refractivity contribution in [2.75, 3.05) is 36.8 Å². The highest BCUT2D eigenvalue weighted by Gasteiger charge is 2.42. The number of ether oxygens (including phenoxy) is 1. The van der Waals surface area contributed by atoms with Crippen molar-refractivity contribution < 1.29 is 27.1 Å². The number of amides is 1. The van der Waals surface area contributed by atoms with Gasteiger partial charge in [-0.3, -0.25) is 0 Å². The Balaban J connectivity index is 1.68. The van der Waals surface area contributed by atoms with E-state index < -0.39 is 23.5 Å². The lowest BCUT2D eigenvalue weighted by Gasteiger charge is -2.36. The van der Waals surface area contributed by atoms with Crippen LogP contribution in [0.4, 0.5) is 33.7 Å². The summed E-state index contributed by atoms with van der Waals surface area (Å²) in [5.74, 6) is -2.04. The molecule has 1 atom stereocenters. The second kappa shape index (κ2) is 8.74. The van der Waals surface area contributed by atoms with Gasteiger partial charge in [0.25, 0.3) is 0 Å². The number of halogens is 4. The van der Waals surface area contributed by atoms with Gasteiger partial charge in [-0.05, 0) is 70.1 Å². The zero-order valence-corrected chi connectivity index (χ0v) is 18.3. The molecule has 2 fully saturated rings. The number of anilines is 2. The zero-order chi connectivity index (χ0) is 23.0. The van der Waals surface area contributed by atoms with Crippen molar-refractivity contribution in [1.29, 1.82) is 0 Å². The van der Waals surface area contributed by atoms with Gasteiger partial charge in [-0.2, -0.15) is 13.2 Å². The van der Waals surface area contributed by atoms with Gasteiger partial charge >= 0.3 is 12.3 Å². The van der Waals surface area contributed by atoms with Gasteiger partial charge in [-0.1, -0.05) is 0 Å². The fraction of sp³-hybridized carbons (Fsp3) is 0.682. The smallest absolute Gasteiger partial charge is 0.410 e. The average molecular weight is 446 g/mol. The van der Waals surface area contributed by atoms with Gasteiger partial charge in [0.05, 0.1) is 17.3 Å². The van der Waals surface area contributed by atoms with Crippen LogP contribution in [0.2, 0.25) is 0 Å². The summed E-state index contributed by atoms with van der Waals surface area (Å²) in [5, 5.41) is 0. The lowest BCUT2D eigenvalue weighted by molar-refractivity contribution is -0.176. The summed E-state index contributed by atoms with van der Waals surface area (Å²) in [4.78, 5) is 15.3. The first-order chi connectivity index (χ1) is 14.3. The van der Waals surface area contributed by atoms with Gasteiger partial charge < -0.3 is 20.3 Å². The van der Waals surface area contributed by atoms with Gasteiger partial charge in [0.2, 0.25) is 0 Å². The Hall–Kier alpha value is -2.19. The summed E-state index contributed by atoms with van der Waals surface area (Å²) in [7, 11) is 0. The number of nitrogen functional groups attached to an aromatic ring is 1. The van der Waals surface area contributed by atoms with Crippen molar-refractivity contribution in [2.24, 2.45) is 5.92 Å². The fourth-order valence-electron chi connectivity index (χ4n) is 4.38. The molecule has 1 amide bonds. The van der Waals surface area contributed by atoms with Crippen molar-refractivity contribution in [3.05, 3.63) is 23.5 Å². The summed E-state index contributed by atoms with van der Waals surface area (Å²) >= 11 is 0. The van der Waals surface area contributed by atoms with E-state index in [9.17, 15) is 22.4 Å². The molecule has 2 heterocycles. The van der Waals surface area contributed by atoms with Crippen molar-refractivity contribution in [3.8, 4) is 0 Å². The van der Waals surface area contributed by atoms with E-state index in [2.05, 4.69) is 0 Å². The van der Waals surface area contributed by atoms with Gasteiger partial charge in [0.1, 0.15) is 11.4 Å². The molecule has 0 aromatic heterocycles. The normalized spacial score (nSPS) is 21.3. The summed E-state index contributed by atoms with van der Waals surface area (Å²) in [6.07, 6.45) is -3.00. The number of rotatable bonds is 2. The number of nitrogens with zero attached hydrogens (tertiary/aromatic N) is 2. The Morgan fingerprint density at radius 1 is 1.10 bits per heavy atom. The molecule has 9 heteroatoms. The molecule has 1 unspecified atom stereocenters. The van der Waals surface area contributed by atoms with Crippen molar-refractivity contribution in [1.82, 2.24) is 4.90 Å². The van der Waals surface area contributed by atoms with Crippen molar-refractivity contribution >= 4 is 17.5 Å². The number of carbonyl (C=O) groups excluding carboxylic acids is 1. The van der Waals surface area contributed by atoms with Gasteiger partial charge in [0.15, 0.2) is 0 Å². The van der Waals surface area contributed by atoms with E-state index in [-0.39, 0.29) is 36.4 Å². The van der Waals surface area contributed by atoms with Crippen LogP contribution in [-0.4, -0.2) is 48.9 Å². The average Bonchev–Trinajstić information content (AvgIpc) is 2.66. The van der Waals surface area contributed by atoms with Crippen LogP contribution in [0.15, 0.2) is 12.1 Å². The first-order valence-corrected chi connectivity index (χ1v) is 10.7. The Morgan fingerprint density at radius 3 is 2.29 bits per heavy atom. The Labute approximate surface area is 180 Å². The molecule has 0 aliphatic carbocycles. The van der Waals surface area contributed by atoms with E-state index in [1.807, 2.05) is 20.8 Å². The number of carbonyl (C=O) groups is 1. The lowest BCUT2D eigenvalue weighted by Crippen LogP contribution is -2.42. The monoisotopic (exact) mass is 445 g/mol. The molecule has 174 valence electrons. The predicted octanol–water partition coefficient (Wildman–Crippen LogP) is 5.30. The van der Waals surface area contributed by atoms with E-state index >= 15 is 0 Å². The summed E-state index contributed by atoms with van der Waals surface area (Å²) in [6.45, 7) is 6.47. The summed E-state index contributed by atoms with van der Waals surface area (Å²) in [5.41, 5.74) is 6.48. The molecule has 2 N–H and O–H groups in total. The molecule has 31 heavy (non-hydrogen) atoms. The topological polar surface area (TPSA) is 58.8 Å². The molecule has 0 spiro atoms. The molecule has 0 bridgehead atoms. The molecule has 2 aliphatic rings. The third-order valence-corrected chi connectivity index (χ3v) is 5.93. The molecular weight excluding hydrogens is 414 g/mol. The van der Waals surface area contributed by atoms with Gasteiger partial charge in [-0.25, -0.2) is 9.18 Å². The molecule has 0 radical (unpaired) electrons. The first kappa shape index (κ1) is 23.5. The fourth-order valence-corrected chi connectivity index (χ4v) is 4.38. The van der Waals surface area contributed by atoms with Crippen LogP contribution in [0.25, 0.3) is 0 Å². The van der Waals surface area contributed by atoms with Crippen LogP contribution < -0.4 is 10.6 Å². The van der Waals surface area contributed by atoms with E-state index in [1.54, 1.807) is 11.0 Å². The minimum atomic E-state index is -4.30. The van der Waals surface area contributed by atoms with E-state index in [0.717, 1.165) is 0 Å². The quantitative estimate of drug-likeness (QED) is 0.496. The molecule has 0 saturated carbocycles. The van der Waals surface area contributed by atoms with E-state index in [4.69, 9.17) is 10.5 Å². The zero-order valence-electron chi connectivity index (χ0n) is 18.3. The SMILES string of the molecule is CC(C)(C)OC(=O)N1CCC(c2cc(N)c(N3CCCC(C(F)(F)F)C3)c(F)c2)CC1. The minimum absolute atomic E-state index is 0.0221. The van der Waals surface area contributed by atoms with Gasteiger partial charge in [-0.15, -0.1) is 0 Å². The number of hydrogen-bond acceptors (Lipinski definition) is 4. The number of piperidine rings is 2. The maximum absolute atomic E-state index is 15.0. The number of alkyl halides is 3. The molecular formula is C22H31F4N3O2. The maximum Gasteiger partial charge on any atom is 0.410 e. The van der Waals surface area contributed by atoms with Crippen molar-refractivity contribution in [3.63, 3.8) is 0 Å². The third kappa shape index (κ3) is 5.74. The Morgan fingerprint density at radius 2 is 1.74 bits per heavy atom. The summed E-state index contributed by atoms with van der Waals surface area (Å²) < 4.78 is 59.8. The molecule has 2 saturated heterocycles. The van der Waals surface area contributed by atoms with Gasteiger partial charge in [0, 0.05) is 26.2 Å². The highest BCUT2D eigenvalue weighted by atomic mass is 19.4. The van der Waals surface area contributed by atoms with Crippen LogP contribution >= 0.6 is 0 Å². The van der Waals surface area contributed by atoms with Crippen LogP contribution in [-0.2, 0) is 4.74 Å². The number of nitrogens with two attached hydrogens (primary N) is 1. The Kier molecular flexibility index (Phi) is 6.62. The molecule has 3 rings (SSSR count). The van der Waals surface area contributed by atoms with E-state index in [1.165, 1.54) is 11.0 Å². The van der Waals surface area contributed by atoms with Crippen LogP contribution in [0.5, 0.6) is 0 Å². The predicted molar refractivity (Wildman–Crippen MR) is 112 cm³/mol. The van der Waals surface area contributed by atoms with Crippen LogP contribution in [0, 0.1) is 11.7 Å². The van der Waals surface area contributed by atoms with Crippen molar-refractivity contribution in [2.45, 2.75) is 64.1 Å². The largest absolute Gasteiger partial charge is 0.444 e. The van der Waals surface area contributed by atoms with E-state index in [0.29, 0.717) is 44.5 Å². The van der Waals surface area contributed by atoms with Crippen LogP contribution in [0.3, 0.4) is 0 Å². The first-order valence-electron chi connectivity index (χ1n) is 10.7. The molecule has 1 aromatic carbocycles. The standard InChI is InChI=1S/C22H31F4N3O2/c1-21(2,3)31-20(30)28-9-6-14(7-10-28)15-11-17(23)19(18(27)12-15)29-8-4-5-16(13-29)22(24,25)26/h11-12,14,16H,4-10,13,27H2,1-3H3. The summed E-state index contributed by atoms with van der Waals surface area (Å²) in [6, 6.07) is 3.06. The second-order valence-corrected chi connectivity index (χ2v) is 9.51. The molecule has 1 aromatic rings. The Bertz CT molecular complexity index is 776. The maximum atomic E-state index is 15.0. The second-order valence-electron chi connectivity index (χ2n) is 9.51. The highest BCUT2D eigenvalue weighted by Crippen LogP contribution is 2.39. The number of hydrogen-bond donors (Lipinski definition) is 1. The highest BCUT2D eigenvalue weighted by molar-refractivity contribution is 5.70. The number of likely N-dealkylation sites (tertiary alicyclic amines) is 1. The molecule has 2 aliphatic heterocycles. The number of benzene rings is 1. The lowest BCUT2D eigenvalue weighted by atomic mass is 9.88.